The number of hydrogen-bond donors (Lipinski definition) is 3. The van der Waals surface area contributed by atoms with E-state index in [-0.39, 0.29) is 0 Å². The molecule has 5 heteroatoms. The van der Waals surface area contributed by atoms with Gasteiger partial charge in [-0.25, -0.2) is 4.98 Å². The van der Waals surface area contributed by atoms with Crippen LogP contribution in [0.3, 0.4) is 0 Å². The molecule has 1 aliphatic heterocycles. The van der Waals surface area contributed by atoms with E-state index in [1.54, 1.807) is 6.20 Å². The number of pyridine rings is 1. The molecule has 4 N–H and O–H groups in total. The molecule has 0 radical (unpaired) electrons. The van der Waals surface area contributed by atoms with Crippen LogP contribution in [0, 0.1) is 0 Å². The second kappa shape index (κ2) is 5.14. The fourth-order valence-corrected chi connectivity index (χ4v) is 1.88. The molecule has 0 saturated carbocycles. The van der Waals surface area contributed by atoms with Crippen molar-refractivity contribution in [1.82, 2.24) is 15.2 Å². The first-order valence-electron chi connectivity index (χ1n) is 5.61. The fraction of sp³-hybridized carbons (Fsp3) is 0.545. The van der Waals surface area contributed by atoms with Crippen LogP contribution in [0.5, 0.6) is 0 Å². The molecule has 88 valence electrons. The van der Waals surface area contributed by atoms with E-state index in [0.717, 1.165) is 31.9 Å². The molecule has 2 rings (SSSR count). The maximum atomic E-state index is 5.53. The van der Waals surface area contributed by atoms with Crippen LogP contribution in [-0.4, -0.2) is 49.2 Å². The van der Waals surface area contributed by atoms with Gasteiger partial charge in [-0.3, -0.25) is 0 Å². The summed E-state index contributed by atoms with van der Waals surface area (Å²) in [6.45, 7) is 4.17. The summed E-state index contributed by atoms with van der Waals surface area (Å²) in [6, 6.07) is 4.26. The average molecular weight is 221 g/mol. The van der Waals surface area contributed by atoms with Crippen LogP contribution in [0.4, 0.5) is 11.5 Å². The molecule has 1 aliphatic rings. The number of nitrogens with two attached hydrogens (primary N) is 1. The highest BCUT2D eigenvalue weighted by Crippen LogP contribution is 2.07. The number of nitrogen functional groups attached to an aromatic ring is 1. The summed E-state index contributed by atoms with van der Waals surface area (Å²) >= 11 is 0. The van der Waals surface area contributed by atoms with Gasteiger partial charge in [0.1, 0.15) is 5.82 Å². The molecule has 1 aromatic heterocycles. The van der Waals surface area contributed by atoms with E-state index in [0.29, 0.717) is 11.9 Å². The van der Waals surface area contributed by atoms with Crippen LogP contribution >= 0.6 is 0 Å². The van der Waals surface area contributed by atoms with Crippen LogP contribution in [-0.2, 0) is 0 Å². The zero-order chi connectivity index (χ0) is 11.4. The summed E-state index contributed by atoms with van der Waals surface area (Å²) in [5, 5.41) is 6.84. The highest BCUT2D eigenvalue weighted by atomic mass is 15.2. The summed E-state index contributed by atoms with van der Waals surface area (Å²) < 4.78 is 0. The van der Waals surface area contributed by atoms with Gasteiger partial charge in [-0.05, 0) is 19.2 Å². The molecule has 1 aromatic rings. The number of hydrogen-bond acceptors (Lipinski definition) is 5. The van der Waals surface area contributed by atoms with Crippen LogP contribution < -0.4 is 16.4 Å². The van der Waals surface area contributed by atoms with Crippen molar-refractivity contribution in [2.75, 3.05) is 44.3 Å². The van der Waals surface area contributed by atoms with E-state index in [4.69, 9.17) is 5.73 Å². The van der Waals surface area contributed by atoms with Crippen molar-refractivity contribution in [2.45, 2.75) is 6.04 Å². The molecule has 0 aliphatic carbocycles. The molecular weight excluding hydrogens is 202 g/mol. The van der Waals surface area contributed by atoms with E-state index in [2.05, 4.69) is 27.6 Å². The second-order valence-electron chi connectivity index (χ2n) is 4.27. The minimum absolute atomic E-state index is 0.497. The van der Waals surface area contributed by atoms with Gasteiger partial charge in [0.15, 0.2) is 0 Å². The minimum Gasteiger partial charge on any atom is -0.384 e. The monoisotopic (exact) mass is 221 g/mol. The molecule has 0 bridgehead atoms. The number of rotatable bonds is 3. The third-order valence-corrected chi connectivity index (χ3v) is 2.80. The van der Waals surface area contributed by atoms with Crippen LogP contribution in [0.1, 0.15) is 0 Å². The number of likely N-dealkylation sites (N-methyl/N-ethyl adjacent to an activating group) is 1. The Kier molecular flexibility index (Phi) is 3.58. The summed E-state index contributed by atoms with van der Waals surface area (Å²) in [5.74, 6) is 0.557. The predicted molar refractivity (Wildman–Crippen MR) is 66.4 cm³/mol. The first kappa shape index (κ1) is 11.2. The number of nitrogens with zero attached hydrogens (tertiary/aromatic N) is 2. The molecule has 1 unspecified atom stereocenters. The molecule has 1 saturated heterocycles. The van der Waals surface area contributed by atoms with Gasteiger partial charge in [0.05, 0.1) is 11.9 Å². The summed E-state index contributed by atoms with van der Waals surface area (Å²) in [7, 11) is 2.15. The molecule has 0 aromatic carbocycles. The highest BCUT2D eigenvalue weighted by molar-refractivity contribution is 5.45. The topological polar surface area (TPSA) is 66.2 Å². The lowest BCUT2D eigenvalue weighted by Crippen LogP contribution is -2.51. The first-order chi connectivity index (χ1) is 7.74. The van der Waals surface area contributed by atoms with Gasteiger partial charge in [-0.15, -0.1) is 0 Å². The van der Waals surface area contributed by atoms with E-state index in [1.807, 2.05) is 12.1 Å². The van der Waals surface area contributed by atoms with Crippen molar-refractivity contribution in [3.63, 3.8) is 0 Å². The summed E-state index contributed by atoms with van der Waals surface area (Å²) in [5.41, 5.74) is 6.54. The molecule has 0 spiro atoms. The zero-order valence-electron chi connectivity index (χ0n) is 9.61. The fourth-order valence-electron chi connectivity index (χ4n) is 1.88. The van der Waals surface area contributed by atoms with Crippen molar-refractivity contribution in [3.8, 4) is 0 Å². The van der Waals surface area contributed by atoms with Crippen LogP contribution in [0.25, 0.3) is 0 Å². The Morgan fingerprint density at radius 2 is 2.50 bits per heavy atom. The molecule has 1 fully saturated rings. The quantitative estimate of drug-likeness (QED) is 0.669. The van der Waals surface area contributed by atoms with Crippen molar-refractivity contribution in [3.05, 3.63) is 18.3 Å². The zero-order valence-corrected chi connectivity index (χ0v) is 9.61. The van der Waals surface area contributed by atoms with Gasteiger partial charge in [-0.2, -0.15) is 0 Å². The van der Waals surface area contributed by atoms with E-state index >= 15 is 0 Å². The van der Waals surface area contributed by atoms with Gasteiger partial charge in [0.2, 0.25) is 0 Å². The molecule has 2 heterocycles. The van der Waals surface area contributed by atoms with Crippen molar-refractivity contribution >= 4 is 11.5 Å². The second-order valence-corrected chi connectivity index (χ2v) is 4.27. The molecule has 16 heavy (non-hydrogen) atoms. The van der Waals surface area contributed by atoms with Gasteiger partial charge >= 0.3 is 0 Å². The lowest BCUT2D eigenvalue weighted by molar-refractivity contribution is 0.244. The van der Waals surface area contributed by atoms with Crippen LogP contribution in [0.15, 0.2) is 18.3 Å². The Balaban J connectivity index is 1.80. The highest BCUT2D eigenvalue weighted by Gasteiger charge is 2.15. The summed E-state index contributed by atoms with van der Waals surface area (Å²) in [4.78, 5) is 6.38. The number of nitrogens with one attached hydrogen (secondary N) is 2. The van der Waals surface area contributed by atoms with Gasteiger partial charge in [-0.1, -0.05) is 0 Å². The largest absolute Gasteiger partial charge is 0.384 e. The minimum atomic E-state index is 0.497. The maximum Gasteiger partial charge on any atom is 0.123 e. The third-order valence-electron chi connectivity index (χ3n) is 2.80. The Morgan fingerprint density at radius 1 is 1.62 bits per heavy atom. The smallest absolute Gasteiger partial charge is 0.123 e. The molecule has 0 amide bonds. The van der Waals surface area contributed by atoms with Crippen molar-refractivity contribution in [2.24, 2.45) is 0 Å². The Hall–Kier alpha value is -1.33. The van der Waals surface area contributed by atoms with E-state index in [1.165, 1.54) is 0 Å². The average Bonchev–Trinajstić information content (AvgIpc) is 2.28. The van der Waals surface area contributed by atoms with Gasteiger partial charge in [0, 0.05) is 32.2 Å². The van der Waals surface area contributed by atoms with Crippen molar-refractivity contribution < 1.29 is 0 Å². The normalized spacial score (nSPS) is 21.9. The number of piperazine rings is 1. The summed E-state index contributed by atoms with van der Waals surface area (Å²) in [6.07, 6.45) is 1.77. The lowest BCUT2D eigenvalue weighted by Gasteiger charge is -2.31. The van der Waals surface area contributed by atoms with E-state index in [9.17, 15) is 0 Å². The predicted octanol–water partition coefficient (Wildman–Crippen LogP) is -0.0207. The SMILES string of the molecule is CN1CCNC(CNc2ccc(N)nc2)C1. The number of aromatic nitrogens is 1. The van der Waals surface area contributed by atoms with Crippen LogP contribution in [0.2, 0.25) is 0 Å². The first-order valence-corrected chi connectivity index (χ1v) is 5.61. The third kappa shape index (κ3) is 3.08. The van der Waals surface area contributed by atoms with Gasteiger partial charge in [0.25, 0.3) is 0 Å². The lowest BCUT2D eigenvalue weighted by atomic mass is 10.2. The Labute approximate surface area is 96.0 Å². The van der Waals surface area contributed by atoms with Crippen molar-refractivity contribution in [1.29, 1.82) is 0 Å². The van der Waals surface area contributed by atoms with Gasteiger partial charge < -0.3 is 21.3 Å². The molecule has 5 nitrogen and oxygen atoms in total. The standard InChI is InChI=1S/C11H19N5/c1-16-5-4-13-10(8-16)7-14-9-2-3-11(12)15-6-9/h2-3,6,10,13-14H,4-5,7-8H2,1H3,(H2,12,15). The number of anilines is 2. The molecule has 1 atom stereocenters. The Morgan fingerprint density at radius 3 is 3.19 bits per heavy atom. The Bertz CT molecular complexity index is 324. The molecular formula is C11H19N5. The maximum absolute atomic E-state index is 5.53. The van der Waals surface area contributed by atoms with E-state index < -0.39 is 0 Å².